The molecule has 0 amide bonds. The number of hydrogen-bond acceptors (Lipinski definition) is 4. The SMILES string of the molecule is CC(C)NCC1CCCOC1c1ccc2c(c1)OCCO2. The summed E-state index contributed by atoms with van der Waals surface area (Å²) in [7, 11) is 0. The van der Waals surface area contributed by atoms with Crippen LogP contribution in [-0.4, -0.2) is 32.4 Å². The first-order valence-corrected chi connectivity index (χ1v) is 7.98. The molecule has 0 aliphatic carbocycles. The topological polar surface area (TPSA) is 39.7 Å². The smallest absolute Gasteiger partial charge is 0.161 e. The van der Waals surface area contributed by atoms with Crippen molar-refractivity contribution in [2.24, 2.45) is 5.92 Å². The van der Waals surface area contributed by atoms with Crippen molar-refractivity contribution in [2.45, 2.75) is 38.8 Å². The van der Waals surface area contributed by atoms with Crippen LogP contribution in [0.5, 0.6) is 11.5 Å². The lowest BCUT2D eigenvalue weighted by molar-refractivity contribution is -0.0284. The van der Waals surface area contributed by atoms with E-state index in [0.717, 1.165) is 31.1 Å². The highest BCUT2D eigenvalue weighted by molar-refractivity contribution is 5.44. The monoisotopic (exact) mass is 291 g/mol. The molecule has 2 atom stereocenters. The zero-order valence-electron chi connectivity index (χ0n) is 12.9. The molecule has 0 aromatic heterocycles. The number of ether oxygens (including phenoxy) is 3. The minimum Gasteiger partial charge on any atom is -0.486 e. The molecule has 1 aromatic carbocycles. The normalized spacial score (nSPS) is 25.1. The highest BCUT2D eigenvalue weighted by Gasteiger charge is 2.28. The fraction of sp³-hybridized carbons (Fsp3) is 0.647. The average molecular weight is 291 g/mol. The van der Waals surface area contributed by atoms with Gasteiger partial charge in [0.05, 0.1) is 6.10 Å². The summed E-state index contributed by atoms with van der Waals surface area (Å²) in [4.78, 5) is 0. The van der Waals surface area contributed by atoms with Crippen LogP contribution in [0.25, 0.3) is 0 Å². The molecule has 1 aromatic rings. The van der Waals surface area contributed by atoms with Crippen LogP contribution < -0.4 is 14.8 Å². The van der Waals surface area contributed by atoms with Crippen LogP contribution in [0.15, 0.2) is 18.2 Å². The first-order valence-electron chi connectivity index (χ1n) is 7.98. The molecule has 2 unspecified atom stereocenters. The molecule has 1 fully saturated rings. The maximum absolute atomic E-state index is 6.06. The van der Waals surface area contributed by atoms with Gasteiger partial charge in [0, 0.05) is 25.1 Å². The molecule has 2 aliphatic rings. The van der Waals surface area contributed by atoms with Gasteiger partial charge in [-0.05, 0) is 30.5 Å². The van der Waals surface area contributed by atoms with Crippen molar-refractivity contribution in [3.8, 4) is 11.5 Å². The van der Waals surface area contributed by atoms with E-state index in [1.54, 1.807) is 0 Å². The zero-order valence-corrected chi connectivity index (χ0v) is 12.9. The predicted molar refractivity (Wildman–Crippen MR) is 82.0 cm³/mol. The van der Waals surface area contributed by atoms with Gasteiger partial charge >= 0.3 is 0 Å². The van der Waals surface area contributed by atoms with Crippen LogP contribution in [0.3, 0.4) is 0 Å². The summed E-state index contributed by atoms with van der Waals surface area (Å²) in [6.07, 6.45) is 2.51. The molecule has 0 bridgehead atoms. The van der Waals surface area contributed by atoms with E-state index in [1.165, 1.54) is 12.0 Å². The fourth-order valence-electron chi connectivity index (χ4n) is 3.04. The third kappa shape index (κ3) is 3.50. The van der Waals surface area contributed by atoms with Crippen molar-refractivity contribution in [1.82, 2.24) is 5.32 Å². The molecular weight excluding hydrogens is 266 g/mol. The lowest BCUT2D eigenvalue weighted by Gasteiger charge is -2.33. The first-order chi connectivity index (χ1) is 10.2. The summed E-state index contributed by atoms with van der Waals surface area (Å²) in [5.41, 5.74) is 1.20. The van der Waals surface area contributed by atoms with Crippen LogP contribution in [0.2, 0.25) is 0 Å². The molecule has 1 N–H and O–H groups in total. The Morgan fingerprint density at radius 3 is 2.76 bits per heavy atom. The Kier molecular flexibility index (Phi) is 4.66. The molecule has 0 radical (unpaired) electrons. The standard InChI is InChI=1S/C17H25NO3/c1-12(2)18-11-14-4-3-7-21-17(14)13-5-6-15-16(10-13)20-9-8-19-15/h5-6,10,12,14,17-18H,3-4,7-9,11H2,1-2H3. The quantitative estimate of drug-likeness (QED) is 0.926. The van der Waals surface area contributed by atoms with Gasteiger partial charge in [0.1, 0.15) is 13.2 Å². The minimum absolute atomic E-state index is 0.154. The number of nitrogens with one attached hydrogen (secondary N) is 1. The second kappa shape index (κ2) is 6.67. The van der Waals surface area contributed by atoms with Crippen LogP contribution in [-0.2, 0) is 4.74 Å². The minimum atomic E-state index is 0.154. The van der Waals surface area contributed by atoms with Gasteiger partial charge in [-0.1, -0.05) is 19.9 Å². The third-order valence-corrected chi connectivity index (χ3v) is 4.13. The van der Waals surface area contributed by atoms with Gasteiger partial charge in [0.15, 0.2) is 11.5 Å². The van der Waals surface area contributed by atoms with E-state index in [2.05, 4.69) is 31.3 Å². The van der Waals surface area contributed by atoms with Crippen molar-refractivity contribution in [2.75, 3.05) is 26.4 Å². The second-order valence-electron chi connectivity index (χ2n) is 6.16. The molecule has 21 heavy (non-hydrogen) atoms. The Bertz CT molecular complexity index is 475. The molecule has 116 valence electrons. The molecule has 4 nitrogen and oxygen atoms in total. The number of fused-ring (bicyclic) bond motifs is 1. The first kappa shape index (κ1) is 14.7. The highest BCUT2D eigenvalue weighted by atomic mass is 16.6. The Labute approximate surface area is 126 Å². The van der Waals surface area contributed by atoms with Crippen molar-refractivity contribution in [3.05, 3.63) is 23.8 Å². The van der Waals surface area contributed by atoms with Crippen molar-refractivity contribution < 1.29 is 14.2 Å². The predicted octanol–water partition coefficient (Wildman–Crippen LogP) is 2.92. The number of benzene rings is 1. The summed E-state index contributed by atoms with van der Waals surface area (Å²) in [6.45, 7) is 7.47. The summed E-state index contributed by atoms with van der Waals surface area (Å²) in [6, 6.07) is 6.72. The van der Waals surface area contributed by atoms with Gasteiger partial charge in [-0.15, -0.1) is 0 Å². The molecule has 2 heterocycles. The van der Waals surface area contributed by atoms with E-state index in [4.69, 9.17) is 14.2 Å². The van der Waals surface area contributed by atoms with E-state index >= 15 is 0 Å². The molecule has 1 saturated heterocycles. The third-order valence-electron chi connectivity index (χ3n) is 4.13. The van der Waals surface area contributed by atoms with E-state index in [0.29, 0.717) is 25.2 Å². The van der Waals surface area contributed by atoms with Gasteiger partial charge in [-0.2, -0.15) is 0 Å². The van der Waals surface area contributed by atoms with Crippen LogP contribution >= 0.6 is 0 Å². The van der Waals surface area contributed by atoms with E-state index < -0.39 is 0 Å². The van der Waals surface area contributed by atoms with Crippen molar-refractivity contribution >= 4 is 0 Å². The fourth-order valence-corrected chi connectivity index (χ4v) is 3.04. The molecule has 2 aliphatic heterocycles. The van der Waals surface area contributed by atoms with Gasteiger partial charge in [0.25, 0.3) is 0 Å². The lowest BCUT2D eigenvalue weighted by Crippen LogP contribution is -2.35. The summed E-state index contributed by atoms with van der Waals surface area (Å²) in [5.74, 6) is 2.21. The van der Waals surface area contributed by atoms with Crippen molar-refractivity contribution in [1.29, 1.82) is 0 Å². The average Bonchev–Trinajstić information content (AvgIpc) is 2.52. The van der Waals surface area contributed by atoms with Crippen LogP contribution in [0.4, 0.5) is 0 Å². The van der Waals surface area contributed by atoms with Gasteiger partial charge < -0.3 is 19.5 Å². The Morgan fingerprint density at radius 2 is 1.95 bits per heavy atom. The number of hydrogen-bond donors (Lipinski definition) is 1. The maximum Gasteiger partial charge on any atom is 0.161 e. The summed E-state index contributed by atoms with van der Waals surface area (Å²) < 4.78 is 17.3. The largest absolute Gasteiger partial charge is 0.486 e. The summed E-state index contributed by atoms with van der Waals surface area (Å²) in [5, 5.41) is 3.54. The zero-order chi connectivity index (χ0) is 14.7. The van der Waals surface area contributed by atoms with E-state index in [-0.39, 0.29) is 6.10 Å². The van der Waals surface area contributed by atoms with Gasteiger partial charge in [-0.25, -0.2) is 0 Å². The van der Waals surface area contributed by atoms with Crippen LogP contribution in [0, 0.1) is 5.92 Å². The molecule has 0 spiro atoms. The van der Waals surface area contributed by atoms with Crippen LogP contribution in [0.1, 0.15) is 38.4 Å². The molecular formula is C17H25NO3. The Morgan fingerprint density at radius 1 is 1.14 bits per heavy atom. The second-order valence-corrected chi connectivity index (χ2v) is 6.16. The van der Waals surface area contributed by atoms with Gasteiger partial charge in [-0.3, -0.25) is 0 Å². The van der Waals surface area contributed by atoms with Crippen molar-refractivity contribution in [3.63, 3.8) is 0 Å². The van der Waals surface area contributed by atoms with Gasteiger partial charge in [0.2, 0.25) is 0 Å². The van der Waals surface area contributed by atoms with E-state index in [9.17, 15) is 0 Å². The maximum atomic E-state index is 6.06. The Balaban J connectivity index is 1.76. The molecule has 0 saturated carbocycles. The molecule has 4 heteroatoms. The lowest BCUT2D eigenvalue weighted by atomic mass is 9.89. The summed E-state index contributed by atoms with van der Waals surface area (Å²) >= 11 is 0. The molecule has 3 rings (SSSR count). The Hall–Kier alpha value is -1.26. The van der Waals surface area contributed by atoms with E-state index in [1.807, 2.05) is 6.07 Å². The number of rotatable bonds is 4. The highest BCUT2D eigenvalue weighted by Crippen LogP contribution is 2.38.